The van der Waals surface area contributed by atoms with Crippen molar-refractivity contribution < 1.29 is 0 Å². The van der Waals surface area contributed by atoms with Crippen molar-refractivity contribution in [1.29, 1.82) is 0 Å². The minimum absolute atomic E-state index is 0. The molecule has 0 saturated heterocycles. The smallest absolute Gasteiger partial charge is 0.266 e. The number of nitrogens with one attached hydrogen (secondary N) is 1. The highest BCUT2D eigenvalue weighted by Crippen LogP contribution is 2.44. The van der Waals surface area contributed by atoms with E-state index in [0.717, 1.165) is 14.4 Å². The third-order valence-electron chi connectivity index (χ3n) is 5.12. The van der Waals surface area contributed by atoms with Crippen molar-refractivity contribution >= 4 is 53.0 Å². The molecule has 182 valence electrons. The molecule has 0 aliphatic rings. The number of nitrogens with zero attached hydrogens (tertiary/aromatic N) is 1. The standard InChI is InChI=1S/C23H14N2O4S3.3CH4/c1-12-2-6-14(7-3-12)30-32-31-15-8-4-13(5-9-15)25-22(28)18-10-16-17(11-19(18)23(25)29)21(27)24-20(16)26;;;/h2-11H,1H3,(H,24,26,27);3*1H4. The van der Waals surface area contributed by atoms with Crippen molar-refractivity contribution in [2.24, 2.45) is 0 Å². The van der Waals surface area contributed by atoms with Crippen LogP contribution in [0.4, 0.5) is 0 Å². The Kier molecular flexibility index (Phi) is 9.00. The molecule has 1 N–H and O–H groups in total. The molecule has 0 atom stereocenters. The average molecular weight is 527 g/mol. The molecule has 0 unspecified atom stereocenters. The van der Waals surface area contributed by atoms with E-state index in [1.807, 2.05) is 12.1 Å². The predicted octanol–water partition coefficient (Wildman–Crippen LogP) is 6.09. The number of fused-ring (bicyclic) bond motifs is 2. The van der Waals surface area contributed by atoms with Crippen LogP contribution in [-0.4, -0.2) is 9.55 Å². The minimum Gasteiger partial charge on any atom is -0.288 e. The fourth-order valence-corrected chi connectivity index (χ4v) is 7.12. The number of aryl methyl sites for hydroxylation is 1. The SMILES string of the molecule is C.C.C.Cc1ccc(SSSc2ccc(-n3c(=O)c4cc5c(=O)[nH]c(=O)c5cc4c3=O)cc2)cc1. The quantitative estimate of drug-likeness (QED) is 0.277. The number of aromatic nitrogens is 2. The predicted molar refractivity (Wildman–Crippen MR) is 153 cm³/mol. The van der Waals surface area contributed by atoms with Crippen molar-refractivity contribution in [3.05, 3.63) is 108 Å². The summed E-state index contributed by atoms with van der Waals surface area (Å²) >= 11 is 0. The zero-order valence-corrected chi connectivity index (χ0v) is 19.0. The Balaban J connectivity index is 0.00000144. The number of hydrogen-bond donors (Lipinski definition) is 1. The molecule has 9 heteroatoms. The summed E-state index contributed by atoms with van der Waals surface area (Å²) < 4.78 is 1.07. The Hall–Kier alpha value is -3.01. The van der Waals surface area contributed by atoms with Gasteiger partial charge in [-0.05, 0) is 86.9 Å². The second-order valence-corrected chi connectivity index (χ2v) is 11.3. The molecule has 0 fully saturated rings. The lowest BCUT2D eigenvalue weighted by Crippen LogP contribution is -2.23. The Morgan fingerprint density at radius 3 is 1.51 bits per heavy atom. The molecular weight excluding hydrogens is 500 g/mol. The van der Waals surface area contributed by atoms with E-state index in [4.69, 9.17) is 0 Å². The van der Waals surface area contributed by atoms with E-state index >= 15 is 0 Å². The van der Waals surface area contributed by atoms with Gasteiger partial charge in [-0.3, -0.25) is 24.2 Å². The summed E-state index contributed by atoms with van der Waals surface area (Å²) in [5.74, 6) is 0. The molecule has 0 radical (unpaired) electrons. The van der Waals surface area contributed by atoms with Crippen LogP contribution in [0.2, 0.25) is 0 Å². The second kappa shape index (κ2) is 11.2. The lowest BCUT2D eigenvalue weighted by molar-refractivity contribution is 0.988. The highest BCUT2D eigenvalue weighted by molar-refractivity contribution is 9.09. The molecule has 0 bridgehead atoms. The van der Waals surface area contributed by atoms with Gasteiger partial charge in [-0.1, -0.05) is 40.0 Å². The van der Waals surface area contributed by atoms with Gasteiger partial charge < -0.3 is 0 Å². The fraction of sp³-hybridized carbons (Fsp3) is 0.154. The van der Waals surface area contributed by atoms with Crippen molar-refractivity contribution in [2.45, 2.75) is 39.0 Å². The summed E-state index contributed by atoms with van der Waals surface area (Å²) in [4.78, 5) is 53.9. The van der Waals surface area contributed by atoms with Crippen LogP contribution in [-0.2, 0) is 0 Å². The van der Waals surface area contributed by atoms with Gasteiger partial charge in [0.2, 0.25) is 0 Å². The van der Waals surface area contributed by atoms with Crippen LogP contribution < -0.4 is 22.2 Å². The summed E-state index contributed by atoms with van der Waals surface area (Å²) in [5.41, 5.74) is -0.486. The van der Waals surface area contributed by atoms with Gasteiger partial charge in [-0.15, -0.1) is 0 Å². The lowest BCUT2D eigenvalue weighted by atomic mass is 10.1. The summed E-state index contributed by atoms with van der Waals surface area (Å²) in [6, 6.07) is 18.1. The van der Waals surface area contributed by atoms with Gasteiger partial charge in [-0.2, -0.15) is 0 Å². The van der Waals surface area contributed by atoms with E-state index in [1.54, 1.807) is 43.5 Å². The van der Waals surface area contributed by atoms with Gasteiger partial charge in [-0.25, -0.2) is 4.57 Å². The maximum atomic E-state index is 12.9. The van der Waals surface area contributed by atoms with Crippen LogP contribution in [0.1, 0.15) is 27.8 Å². The molecule has 5 aromatic rings. The van der Waals surface area contributed by atoms with Crippen molar-refractivity contribution in [3.8, 4) is 5.69 Å². The first-order valence-corrected chi connectivity index (χ1v) is 13.0. The maximum Gasteiger partial charge on any atom is 0.266 e. The molecule has 0 spiro atoms. The maximum absolute atomic E-state index is 12.9. The van der Waals surface area contributed by atoms with E-state index in [2.05, 4.69) is 36.2 Å². The minimum atomic E-state index is -0.561. The van der Waals surface area contributed by atoms with Crippen molar-refractivity contribution in [3.63, 3.8) is 0 Å². The van der Waals surface area contributed by atoms with Gasteiger partial charge >= 0.3 is 0 Å². The summed E-state index contributed by atoms with van der Waals surface area (Å²) in [6.45, 7) is 2.05. The topological polar surface area (TPSA) is 89.0 Å². The largest absolute Gasteiger partial charge is 0.288 e. The summed E-state index contributed by atoms with van der Waals surface area (Å²) in [7, 11) is 4.86. The molecule has 2 aromatic heterocycles. The second-order valence-electron chi connectivity index (χ2n) is 7.21. The first-order valence-electron chi connectivity index (χ1n) is 9.53. The number of rotatable bonds is 5. The van der Waals surface area contributed by atoms with E-state index in [1.165, 1.54) is 17.7 Å². The van der Waals surface area contributed by atoms with Crippen LogP contribution >= 0.6 is 31.4 Å². The third kappa shape index (κ3) is 5.17. The zero-order chi connectivity index (χ0) is 22.4. The normalized spacial score (nSPS) is 10.5. The van der Waals surface area contributed by atoms with Crippen molar-refractivity contribution in [1.82, 2.24) is 9.55 Å². The summed E-state index contributed by atoms with van der Waals surface area (Å²) in [6.07, 6.45) is 0. The molecule has 0 amide bonds. The van der Waals surface area contributed by atoms with Crippen molar-refractivity contribution in [2.75, 3.05) is 0 Å². The van der Waals surface area contributed by atoms with Crippen LogP contribution in [0.5, 0.6) is 0 Å². The Bertz CT molecular complexity index is 1600. The molecule has 35 heavy (non-hydrogen) atoms. The number of aromatic amines is 1. The van der Waals surface area contributed by atoms with Gasteiger partial charge in [0.1, 0.15) is 0 Å². The summed E-state index contributed by atoms with van der Waals surface area (Å²) in [5, 5.41) is 0.488. The highest BCUT2D eigenvalue weighted by atomic mass is 33.5. The molecule has 0 saturated carbocycles. The fourth-order valence-electron chi connectivity index (χ4n) is 3.47. The van der Waals surface area contributed by atoms with E-state index in [0.29, 0.717) is 5.69 Å². The molecule has 0 aliphatic heterocycles. The number of hydrogen-bond acceptors (Lipinski definition) is 7. The van der Waals surface area contributed by atoms with Crippen LogP contribution in [0, 0.1) is 6.92 Å². The van der Waals surface area contributed by atoms with Gasteiger partial charge in [0, 0.05) is 9.79 Å². The Morgan fingerprint density at radius 2 is 1.06 bits per heavy atom. The monoisotopic (exact) mass is 526 g/mol. The highest BCUT2D eigenvalue weighted by Gasteiger charge is 2.18. The van der Waals surface area contributed by atoms with Crippen LogP contribution in [0.15, 0.2) is 89.6 Å². The van der Waals surface area contributed by atoms with Gasteiger partial charge in [0.25, 0.3) is 22.2 Å². The molecular formula is C26H26N2O4S3. The average Bonchev–Trinajstić information content (AvgIpc) is 3.21. The first-order chi connectivity index (χ1) is 15.4. The molecule has 2 heterocycles. The third-order valence-corrected chi connectivity index (χ3v) is 8.97. The molecule has 6 nitrogen and oxygen atoms in total. The Morgan fingerprint density at radius 1 is 0.629 bits per heavy atom. The number of H-pyrrole nitrogens is 1. The Labute approximate surface area is 214 Å². The van der Waals surface area contributed by atoms with E-state index < -0.39 is 22.2 Å². The molecule has 0 aliphatic carbocycles. The molecule has 5 rings (SSSR count). The van der Waals surface area contributed by atoms with Gasteiger partial charge in [0.15, 0.2) is 0 Å². The molecule has 3 aromatic carbocycles. The van der Waals surface area contributed by atoms with E-state index in [9.17, 15) is 19.2 Å². The van der Waals surface area contributed by atoms with Crippen LogP contribution in [0.25, 0.3) is 27.2 Å². The lowest BCUT2D eigenvalue weighted by Gasteiger charge is -2.04. The van der Waals surface area contributed by atoms with E-state index in [-0.39, 0.29) is 43.8 Å². The first kappa shape index (κ1) is 28.2. The van der Waals surface area contributed by atoms with Gasteiger partial charge in [0.05, 0.1) is 27.2 Å². The zero-order valence-electron chi connectivity index (χ0n) is 16.6. The van der Waals surface area contributed by atoms with Crippen LogP contribution in [0.3, 0.4) is 0 Å². The number of benzene rings is 3.